The standard InChI is InChI=1S/C6H6.CH4N2O.H2O/c1-2-4-6-5-3-1;2-1(3)4;/h1-6H;(H4,2,3,4);1H2. The van der Waals surface area contributed by atoms with E-state index in [1.54, 1.807) is 0 Å². The van der Waals surface area contributed by atoms with Crippen LogP contribution in [-0.2, 0) is 0 Å². The predicted octanol–water partition coefficient (Wildman–Crippen LogP) is -0.114. The second kappa shape index (κ2) is 8.45. The number of carbonyl (C=O) groups excluding carboxylic acids is 1. The number of urea groups is 1. The first-order valence-electron chi connectivity index (χ1n) is 2.78. The molecule has 0 spiro atoms. The third kappa shape index (κ3) is 17.8. The van der Waals surface area contributed by atoms with E-state index in [4.69, 9.17) is 4.79 Å². The second-order valence-corrected chi connectivity index (χ2v) is 1.56. The summed E-state index contributed by atoms with van der Waals surface area (Å²) in [7, 11) is 0. The lowest BCUT2D eigenvalue weighted by Crippen LogP contribution is -2.18. The van der Waals surface area contributed by atoms with Gasteiger partial charge in [-0.1, -0.05) is 36.4 Å². The second-order valence-electron chi connectivity index (χ2n) is 1.56. The van der Waals surface area contributed by atoms with Gasteiger partial charge in [-0.05, 0) is 0 Å². The molecule has 1 aromatic rings. The van der Waals surface area contributed by atoms with E-state index in [1.807, 2.05) is 36.4 Å². The Morgan fingerprint density at radius 1 is 0.818 bits per heavy atom. The molecule has 0 saturated heterocycles. The highest BCUT2D eigenvalue weighted by molar-refractivity contribution is 5.69. The predicted molar refractivity (Wildman–Crippen MR) is 43.8 cm³/mol. The third-order valence-corrected chi connectivity index (χ3v) is 0.667. The molecule has 0 aliphatic heterocycles. The summed E-state index contributed by atoms with van der Waals surface area (Å²) < 4.78 is 0. The van der Waals surface area contributed by atoms with Crippen LogP contribution in [0.5, 0.6) is 0 Å². The average molecular weight is 156 g/mol. The van der Waals surface area contributed by atoms with E-state index >= 15 is 0 Å². The number of amides is 2. The highest BCUT2D eigenvalue weighted by atomic mass is 16.2. The van der Waals surface area contributed by atoms with Gasteiger partial charge in [0.2, 0.25) is 0 Å². The van der Waals surface area contributed by atoms with E-state index < -0.39 is 6.03 Å². The van der Waals surface area contributed by atoms with Gasteiger partial charge in [0.25, 0.3) is 0 Å². The molecule has 1 aromatic carbocycles. The number of benzene rings is 1. The number of nitrogens with two attached hydrogens (primary N) is 2. The van der Waals surface area contributed by atoms with Crippen LogP contribution in [0.3, 0.4) is 0 Å². The number of hydrogen-bond acceptors (Lipinski definition) is 1. The van der Waals surface area contributed by atoms with Crippen LogP contribution in [0.25, 0.3) is 0 Å². The Kier molecular flexibility index (Phi) is 9.34. The van der Waals surface area contributed by atoms with Crippen LogP contribution < -0.4 is 11.5 Å². The molecule has 11 heavy (non-hydrogen) atoms. The third-order valence-electron chi connectivity index (χ3n) is 0.667. The first-order valence-corrected chi connectivity index (χ1v) is 2.78. The summed E-state index contributed by atoms with van der Waals surface area (Å²) in [6.07, 6.45) is 0. The fourth-order valence-electron chi connectivity index (χ4n) is 0.385. The molecule has 4 heteroatoms. The Hall–Kier alpha value is -1.55. The normalized spacial score (nSPS) is 6.55. The molecule has 0 radical (unpaired) electrons. The lowest BCUT2D eigenvalue weighted by atomic mass is 10.4. The molecule has 0 saturated carbocycles. The van der Waals surface area contributed by atoms with Gasteiger partial charge in [-0.3, -0.25) is 0 Å². The molecule has 4 nitrogen and oxygen atoms in total. The van der Waals surface area contributed by atoms with Crippen molar-refractivity contribution in [2.24, 2.45) is 11.5 Å². The van der Waals surface area contributed by atoms with E-state index in [-0.39, 0.29) is 5.48 Å². The van der Waals surface area contributed by atoms with Crippen molar-refractivity contribution in [3.63, 3.8) is 0 Å². The molecular formula is C7H12N2O2. The highest BCUT2D eigenvalue weighted by Crippen LogP contribution is 1.79. The first kappa shape index (κ1) is 12.2. The van der Waals surface area contributed by atoms with E-state index in [9.17, 15) is 0 Å². The van der Waals surface area contributed by atoms with Gasteiger partial charge in [-0.15, -0.1) is 0 Å². The minimum Gasteiger partial charge on any atom is -0.412 e. The Bertz CT molecular complexity index is 146. The monoisotopic (exact) mass is 156 g/mol. The topological polar surface area (TPSA) is 101 Å². The molecule has 62 valence electrons. The van der Waals surface area contributed by atoms with Crippen molar-refractivity contribution in [2.75, 3.05) is 0 Å². The lowest BCUT2D eigenvalue weighted by Gasteiger charge is -1.69. The van der Waals surface area contributed by atoms with E-state index in [0.717, 1.165) is 0 Å². The van der Waals surface area contributed by atoms with Crippen molar-refractivity contribution in [2.45, 2.75) is 0 Å². The van der Waals surface area contributed by atoms with E-state index in [2.05, 4.69) is 11.5 Å². The zero-order chi connectivity index (χ0) is 7.82. The van der Waals surface area contributed by atoms with Crippen molar-refractivity contribution in [3.05, 3.63) is 36.4 Å². The Labute approximate surface area is 65.1 Å². The zero-order valence-electron chi connectivity index (χ0n) is 6.03. The first-order chi connectivity index (χ1) is 4.73. The molecule has 0 aromatic heterocycles. The van der Waals surface area contributed by atoms with Crippen LogP contribution in [0.4, 0.5) is 4.79 Å². The molecule has 0 bridgehead atoms. The number of rotatable bonds is 0. The van der Waals surface area contributed by atoms with Gasteiger partial charge < -0.3 is 16.9 Å². The quantitative estimate of drug-likeness (QED) is 0.537. The molecule has 0 heterocycles. The number of carbonyl (C=O) groups is 1. The average Bonchev–Trinajstić information content (AvgIpc) is 1.90. The van der Waals surface area contributed by atoms with Gasteiger partial charge >= 0.3 is 6.03 Å². The van der Waals surface area contributed by atoms with E-state index in [1.165, 1.54) is 0 Å². The Morgan fingerprint density at radius 3 is 1.00 bits per heavy atom. The largest absolute Gasteiger partial charge is 0.412 e. The molecule has 0 aliphatic rings. The molecular weight excluding hydrogens is 144 g/mol. The molecule has 2 amide bonds. The molecule has 6 N–H and O–H groups in total. The fourth-order valence-corrected chi connectivity index (χ4v) is 0.385. The van der Waals surface area contributed by atoms with Crippen LogP contribution in [0.2, 0.25) is 0 Å². The minimum absolute atomic E-state index is 0. The van der Waals surface area contributed by atoms with Gasteiger partial charge in [-0.2, -0.15) is 0 Å². The van der Waals surface area contributed by atoms with Crippen molar-refractivity contribution in [1.29, 1.82) is 0 Å². The number of hydrogen-bond donors (Lipinski definition) is 2. The van der Waals surface area contributed by atoms with Crippen molar-refractivity contribution in [1.82, 2.24) is 0 Å². The van der Waals surface area contributed by atoms with Crippen LogP contribution >= 0.6 is 0 Å². The Morgan fingerprint density at radius 2 is 0.909 bits per heavy atom. The summed E-state index contributed by atoms with van der Waals surface area (Å²) in [4.78, 5) is 9.00. The summed E-state index contributed by atoms with van der Waals surface area (Å²) in [5.74, 6) is 0. The molecule has 1 rings (SSSR count). The zero-order valence-corrected chi connectivity index (χ0v) is 6.03. The molecule has 0 fully saturated rings. The summed E-state index contributed by atoms with van der Waals surface area (Å²) >= 11 is 0. The molecule has 0 atom stereocenters. The fraction of sp³-hybridized carbons (Fsp3) is 0. The van der Waals surface area contributed by atoms with E-state index in [0.29, 0.717) is 0 Å². The molecule has 0 aliphatic carbocycles. The maximum Gasteiger partial charge on any atom is 0.309 e. The van der Waals surface area contributed by atoms with Crippen LogP contribution in [0.1, 0.15) is 0 Å². The maximum atomic E-state index is 9.00. The van der Waals surface area contributed by atoms with Crippen molar-refractivity contribution in [3.8, 4) is 0 Å². The summed E-state index contributed by atoms with van der Waals surface area (Å²) in [5.41, 5.74) is 8.50. The summed E-state index contributed by atoms with van der Waals surface area (Å²) in [6.45, 7) is 0. The van der Waals surface area contributed by atoms with Crippen LogP contribution in [0, 0.1) is 0 Å². The maximum absolute atomic E-state index is 9.00. The molecule has 0 unspecified atom stereocenters. The number of primary amides is 2. The smallest absolute Gasteiger partial charge is 0.309 e. The van der Waals surface area contributed by atoms with Gasteiger partial charge in [-0.25, -0.2) is 4.79 Å². The van der Waals surface area contributed by atoms with Crippen molar-refractivity contribution >= 4 is 6.03 Å². The minimum atomic E-state index is -0.833. The van der Waals surface area contributed by atoms with Crippen LogP contribution in [0.15, 0.2) is 36.4 Å². The van der Waals surface area contributed by atoms with Gasteiger partial charge in [0.15, 0.2) is 0 Å². The van der Waals surface area contributed by atoms with Gasteiger partial charge in [0, 0.05) is 0 Å². The summed E-state index contributed by atoms with van der Waals surface area (Å²) in [5, 5.41) is 0. The lowest BCUT2D eigenvalue weighted by molar-refractivity contribution is 0.256. The summed E-state index contributed by atoms with van der Waals surface area (Å²) in [6, 6.07) is 11.2. The van der Waals surface area contributed by atoms with Gasteiger partial charge in [0.1, 0.15) is 0 Å². The highest BCUT2D eigenvalue weighted by Gasteiger charge is 1.60. The van der Waals surface area contributed by atoms with Crippen LogP contribution in [-0.4, -0.2) is 11.5 Å². The van der Waals surface area contributed by atoms with Crippen molar-refractivity contribution < 1.29 is 10.3 Å². The Balaban J connectivity index is 0. The SMILES string of the molecule is NC(N)=O.O.c1ccccc1. The van der Waals surface area contributed by atoms with Gasteiger partial charge in [0.05, 0.1) is 0 Å².